The van der Waals surface area contributed by atoms with E-state index in [-0.39, 0.29) is 18.8 Å². The van der Waals surface area contributed by atoms with E-state index in [9.17, 15) is 19.4 Å². The molecule has 2 aromatic heterocycles. The average Bonchev–Trinajstić information content (AvgIpc) is 3.18. The molecule has 0 saturated carbocycles. The van der Waals surface area contributed by atoms with E-state index in [4.69, 9.17) is 9.72 Å². The molecule has 1 amide bonds. The third kappa shape index (κ3) is 3.28. The van der Waals surface area contributed by atoms with Gasteiger partial charge in [-0.25, -0.2) is 4.39 Å². The van der Waals surface area contributed by atoms with Crippen LogP contribution in [0.25, 0.3) is 21.8 Å². The van der Waals surface area contributed by atoms with E-state index in [0.717, 1.165) is 27.4 Å². The Hall–Kier alpha value is -3.49. The van der Waals surface area contributed by atoms with Crippen molar-refractivity contribution in [3.05, 3.63) is 70.8 Å². The number of carbonyl (C=O) groups excluding carboxylic acids is 1. The highest BCUT2D eigenvalue weighted by Gasteiger charge is 2.31. The van der Waals surface area contributed by atoms with Crippen molar-refractivity contribution < 1.29 is 24.1 Å². The van der Waals surface area contributed by atoms with Crippen LogP contribution in [0.15, 0.2) is 42.5 Å². The summed E-state index contributed by atoms with van der Waals surface area (Å²) >= 11 is 0. The monoisotopic (exact) mass is 435 g/mol. The molecule has 32 heavy (non-hydrogen) atoms. The number of benzene rings is 2. The number of rotatable bonds is 4. The molecule has 0 fully saturated rings. The molecule has 1 atom stereocenters. The first-order chi connectivity index (χ1) is 15.5. The summed E-state index contributed by atoms with van der Waals surface area (Å²) in [5.74, 6) is -0.746. The molecule has 7 nitrogen and oxygen atoms in total. The molecular formula is C24H22FN3O4. The van der Waals surface area contributed by atoms with Gasteiger partial charge in [-0.2, -0.15) is 0 Å². The van der Waals surface area contributed by atoms with Gasteiger partial charge in [0, 0.05) is 28.3 Å². The van der Waals surface area contributed by atoms with Gasteiger partial charge in [0.05, 0.1) is 43.2 Å². The maximum Gasteiger partial charge on any atom is 0.248 e. The summed E-state index contributed by atoms with van der Waals surface area (Å²) in [4.78, 5) is 21.7. The Morgan fingerprint density at radius 1 is 1.31 bits per heavy atom. The van der Waals surface area contributed by atoms with Gasteiger partial charge >= 0.3 is 0 Å². The normalized spacial score (nSPS) is 15.9. The number of β-amino-alcohol motifs (C(OH)–C–C–N with tert-alkyl or cyclic N) is 1. The van der Waals surface area contributed by atoms with Gasteiger partial charge < -0.3 is 24.8 Å². The molecule has 1 aliphatic rings. The van der Waals surface area contributed by atoms with E-state index in [1.807, 2.05) is 24.3 Å². The number of amides is 1. The van der Waals surface area contributed by atoms with Crippen LogP contribution >= 0.6 is 0 Å². The van der Waals surface area contributed by atoms with Crippen LogP contribution in [0.4, 0.5) is 4.39 Å². The minimum absolute atomic E-state index is 0.0890. The van der Waals surface area contributed by atoms with Crippen molar-refractivity contribution in [2.45, 2.75) is 19.1 Å². The van der Waals surface area contributed by atoms with Crippen molar-refractivity contribution in [1.82, 2.24) is 14.9 Å². The fourth-order valence-electron chi connectivity index (χ4n) is 4.52. The molecular weight excluding hydrogens is 413 g/mol. The first-order valence-corrected chi connectivity index (χ1v) is 10.3. The summed E-state index contributed by atoms with van der Waals surface area (Å²) in [6.07, 6.45) is -0.586. The molecule has 164 valence electrons. The highest BCUT2D eigenvalue weighted by molar-refractivity contribution is 6.10. The molecule has 0 saturated heterocycles. The number of aromatic nitrogens is 2. The van der Waals surface area contributed by atoms with Crippen LogP contribution in [0.5, 0.6) is 5.75 Å². The number of aromatic amines is 1. The van der Waals surface area contributed by atoms with Crippen LogP contribution < -0.4 is 4.74 Å². The van der Waals surface area contributed by atoms with Crippen LogP contribution in [-0.4, -0.2) is 51.2 Å². The summed E-state index contributed by atoms with van der Waals surface area (Å²) in [7, 11) is 1.42. The third-order valence-corrected chi connectivity index (χ3v) is 5.99. The number of hydrogen-bond acceptors (Lipinski definition) is 5. The number of carbonyl (C=O) groups is 1. The summed E-state index contributed by atoms with van der Waals surface area (Å²) in [6.45, 7) is -0.355. The molecule has 0 spiro atoms. The minimum atomic E-state index is -0.934. The number of nitrogens with one attached hydrogen (secondary N) is 1. The number of ether oxygens (including phenoxy) is 1. The summed E-state index contributed by atoms with van der Waals surface area (Å²) in [6, 6.07) is 12.6. The maximum atomic E-state index is 14.3. The number of hydrogen-bond donors (Lipinski definition) is 3. The summed E-state index contributed by atoms with van der Waals surface area (Å²) in [5, 5.41) is 22.0. The predicted molar refractivity (Wildman–Crippen MR) is 117 cm³/mol. The van der Waals surface area contributed by atoms with Gasteiger partial charge in [0.25, 0.3) is 0 Å². The first kappa shape index (κ1) is 20.4. The number of pyridine rings is 1. The second kappa shape index (κ2) is 7.89. The lowest BCUT2D eigenvalue weighted by Gasteiger charge is -2.32. The number of H-pyrrole nitrogens is 1. The van der Waals surface area contributed by atoms with Crippen LogP contribution in [0.1, 0.15) is 28.6 Å². The number of nitrogens with zero attached hydrogens (tertiary/aromatic N) is 2. The van der Waals surface area contributed by atoms with E-state index >= 15 is 0 Å². The van der Waals surface area contributed by atoms with Gasteiger partial charge in [-0.1, -0.05) is 24.3 Å². The number of halogens is 1. The van der Waals surface area contributed by atoms with Gasteiger partial charge in [-0.3, -0.25) is 9.78 Å². The lowest BCUT2D eigenvalue weighted by atomic mass is 9.94. The summed E-state index contributed by atoms with van der Waals surface area (Å²) < 4.78 is 19.3. The van der Waals surface area contributed by atoms with Crippen molar-refractivity contribution in [2.24, 2.45) is 0 Å². The van der Waals surface area contributed by atoms with Crippen molar-refractivity contribution >= 4 is 27.7 Å². The Labute approximate surface area is 183 Å². The fourth-order valence-corrected chi connectivity index (χ4v) is 4.52. The summed E-state index contributed by atoms with van der Waals surface area (Å²) in [5.41, 5.74) is 4.35. The highest BCUT2D eigenvalue weighted by Crippen LogP contribution is 2.38. The lowest BCUT2D eigenvalue weighted by molar-refractivity contribution is -0.137. The Morgan fingerprint density at radius 3 is 2.88 bits per heavy atom. The van der Waals surface area contributed by atoms with Crippen molar-refractivity contribution in [2.75, 3.05) is 20.3 Å². The van der Waals surface area contributed by atoms with Crippen molar-refractivity contribution in [3.8, 4) is 5.75 Å². The molecule has 4 aromatic rings. The Morgan fingerprint density at radius 2 is 2.12 bits per heavy atom. The maximum absolute atomic E-state index is 14.3. The molecule has 0 aliphatic carbocycles. The number of fused-ring (bicyclic) bond motifs is 5. The largest absolute Gasteiger partial charge is 0.494 e. The number of aliphatic hydroxyl groups excluding tert-OH is 2. The van der Waals surface area contributed by atoms with Gasteiger partial charge in [0.1, 0.15) is 6.61 Å². The molecule has 0 bridgehead atoms. The smallest absolute Gasteiger partial charge is 0.248 e. The number of methoxy groups -OCH3 is 1. The van der Waals surface area contributed by atoms with Crippen LogP contribution in [0, 0.1) is 5.82 Å². The molecule has 0 radical (unpaired) electrons. The van der Waals surface area contributed by atoms with Crippen molar-refractivity contribution in [3.63, 3.8) is 0 Å². The second-order valence-corrected chi connectivity index (χ2v) is 7.93. The number of aliphatic hydroxyl groups is 2. The zero-order valence-corrected chi connectivity index (χ0v) is 17.4. The third-order valence-electron chi connectivity index (χ3n) is 5.99. The van der Waals surface area contributed by atoms with Gasteiger partial charge in [-0.05, 0) is 23.8 Å². The number of para-hydroxylation sites is 1. The van der Waals surface area contributed by atoms with E-state index in [1.165, 1.54) is 18.1 Å². The molecule has 5 rings (SSSR count). The van der Waals surface area contributed by atoms with Crippen LogP contribution in [-0.2, 0) is 17.8 Å². The Bertz CT molecular complexity index is 1350. The van der Waals surface area contributed by atoms with Gasteiger partial charge in [-0.15, -0.1) is 0 Å². The molecule has 1 unspecified atom stereocenters. The second-order valence-electron chi connectivity index (χ2n) is 7.93. The lowest BCUT2D eigenvalue weighted by Crippen LogP contribution is -2.40. The molecule has 3 heterocycles. The van der Waals surface area contributed by atoms with Gasteiger partial charge in [0.15, 0.2) is 11.6 Å². The van der Waals surface area contributed by atoms with E-state index in [1.54, 1.807) is 12.1 Å². The van der Waals surface area contributed by atoms with Crippen LogP contribution in [0.2, 0.25) is 0 Å². The topological polar surface area (TPSA) is 98.7 Å². The molecule has 8 heteroatoms. The fraction of sp³-hybridized carbons (Fsp3) is 0.250. The standard InChI is InChI=1S/C24H22FN3O4/c1-32-20-7-6-13(8-15(20)25)9-17-24-22(14-4-2-3-5-16(14)27-24)23-18(26-17)10-28(11-19(23)30)21(31)12-29/h2-8,19,27,29-30H,9-12H2,1H3. The first-order valence-electron chi connectivity index (χ1n) is 10.3. The zero-order valence-electron chi connectivity index (χ0n) is 17.4. The van der Waals surface area contributed by atoms with Crippen molar-refractivity contribution in [1.29, 1.82) is 0 Å². The van der Waals surface area contributed by atoms with E-state index in [2.05, 4.69) is 4.98 Å². The Kier molecular flexibility index (Phi) is 5.03. The molecule has 2 aromatic carbocycles. The highest BCUT2D eigenvalue weighted by atomic mass is 19.1. The van der Waals surface area contributed by atoms with Crippen LogP contribution in [0.3, 0.4) is 0 Å². The Balaban J connectivity index is 1.70. The van der Waals surface area contributed by atoms with E-state index in [0.29, 0.717) is 23.4 Å². The zero-order chi connectivity index (χ0) is 22.4. The SMILES string of the molecule is COc1ccc(Cc2nc3c(c4c2[nH]c2ccccc24)C(O)CN(C(=O)CO)C3)cc1F. The van der Waals surface area contributed by atoms with Gasteiger partial charge in [0.2, 0.25) is 5.91 Å². The molecule has 3 N–H and O–H groups in total. The predicted octanol–water partition coefficient (Wildman–Crippen LogP) is 2.82. The van der Waals surface area contributed by atoms with E-state index < -0.39 is 24.4 Å². The minimum Gasteiger partial charge on any atom is -0.494 e. The molecule has 1 aliphatic heterocycles. The quantitative estimate of drug-likeness (QED) is 0.458. The average molecular weight is 435 g/mol.